The van der Waals surface area contributed by atoms with Gasteiger partial charge in [-0.15, -0.1) is 11.3 Å². The van der Waals surface area contributed by atoms with E-state index in [1.165, 1.54) is 136 Å². The van der Waals surface area contributed by atoms with E-state index in [0.717, 1.165) is 32.1 Å². The van der Waals surface area contributed by atoms with Gasteiger partial charge in [-0.25, -0.2) is 0 Å². The van der Waals surface area contributed by atoms with Gasteiger partial charge in [-0.1, -0.05) is 171 Å². The van der Waals surface area contributed by atoms with Crippen LogP contribution in [0.4, 0.5) is 0 Å². The molecule has 3 aromatic heterocycles. The third-order valence-electron chi connectivity index (χ3n) is 16.1. The number of hydrogen-bond donors (Lipinski definition) is 0. The maximum absolute atomic E-state index is 6.32. The van der Waals surface area contributed by atoms with Crippen LogP contribution in [0, 0.1) is 0 Å². The summed E-state index contributed by atoms with van der Waals surface area (Å²) in [7, 11) is 0. The van der Waals surface area contributed by atoms with Crippen LogP contribution in [-0.2, 0) is 12.8 Å². The number of fused-ring (bicyclic) bond motifs is 20. The summed E-state index contributed by atoms with van der Waals surface area (Å²) in [4.78, 5) is 7.69. The van der Waals surface area contributed by atoms with Crippen molar-refractivity contribution >= 4 is 86.8 Å². The summed E-state index contributed by atoms with van der Waals surface area (Å²) < 4.78 is 3.97. The van der Waals surface area contributed by atoms with E-state index in [1.54, 1.807) is 0 Å². The number of aliphatic imine (C=N–C) groups is 1. The molecule has 0 fully saturated rings. The molecule has 0 spiro atoms. The first-order valence-corrected chi connectivity index (χ1v) is 25.1. The Morgan fingerprint density at radius 3 is 2.10 bits per heavy atom. The van der Waals surface area contributed by atoms with Crippen LogP contribution < -0.4 is 0 Å². The molecule has 0 bridgehead atoms. The highest BCUT2D eigenvalue weighted by molar-refractivity contribution is 7.21. The molecule has 0 amide bonds. The van der Waals surface area contributed by atoms with Gasteiger partial charge in [-0.2, -0.15) is 0 Å². The van der Waals surface area contributed by atoms with Crippen molar-refractivity contribution in [3.8, 4) is 22.3 Å². The normalized spacial score (nSPS) is 19.0. The molecule has 67 heavy (non-hydrogen) atoms. The molecule has 3 unspecified atom stereocenters. The number of aryl methyl sites for hydroxylation is 2. The number of benzene rings is 9. The molecular weight excluding hydrogens is 829 g/mol. The van der Waals surface area contributed by atoms with E-state index in [9.17, 15) is 0 Å². The molecule has 0 radical (unpaired) electrons. The summed E-state index contributed by atoms with van der Waals surface area (Å²) in [5.41, 5.74) is 19.0. The highest BCUT2D eigenvalue weighted by Gasteiger charge is 2.37. The smallest absolute Gasteiger partial charge is 0.0657 e. The Bertz CT molecular complexity index is 4120. The van der Waals surface area contributed by atoms with Gasteiger partial charge < -0.3 is 4.40 Å². The summed E-state index contributed by atoms with van der Waals surface area (Å²) in [5, 5.41) is 12.0. The molecule has 15 rings (SSSR count). The molecule has 2 nitrogen and oxygen atoms in total. The minimum Gasteiger partial charge on any atom is -0.307 e. The van der Waals surface area contributed by atoms with E-state index >= 15 is 0 Å². The van der Waals surface area contributed by atoms with Gasteiger partial charge in [0.15, 0.2) is 0 Å². The lowest BCUT2D eigenvalue weighted by Crippen LogP contribution is -2.19. The highest BCUT2D eigenvalue weighted by atomic mass is 32.1. The molecule has 318 valence electrons. The number of allylic oxidation sites excluding steroid dienone is 2. The molecule has 3 heteroatoms. The highest BCUT2D eigenvalue weighted by Crippen LogP contribution is 2.54. The van der Waals surface area contributed by atoms with Crippen LogP contribution in [0.2, 0.25) is 0 Å². The van der Waals surface area contributed by atoms with Crippen molar-refractivity contribution in [2.75, 3.05) is 0 Å². The zero-order chi connectivity index (χ0) is 43.9. The monoisotopic (exact) mass is 874 g/mol. The number of rotatable bonds is 2. The van der Waals surface area contributed by atoms with Crippen LogP contribution in [0.15, 0.2) is 193 Å². The van der Waals surface area contributed by atoms with Crippen molar-refractivity contribution in [3.63, 3.8) is 0 Å². The molecule has 0 saturated carbocycles. The fourth-order valence-corrected chi connectivity index (χ4v) is 14.5. The van der Waals surface area contributed by atoms with E-state index in [1.807, 2.05) is 11.3 Å². The Kier molecular flexibility index (Phi) is 8.10. The first kappa shape index (κ1) is 37.8. The van der Waals surface area contributed by atoms with Crippen molar-refractivity contribution < 1.29 is 0 Å². The summed E-state index contributed by atoms with van der Waals surface area (Å²) >= 11 is 1.98. The third-order valence-corrected chi connectivity index (χ3v) is 17.3. The van der Waals surface area contributed by atoms with Crippen molar-refractivity contribution in [1.82, 2.24) is 4.40 Å². The van der Waals surface area contributed by atoms with Gasteiger partial charge in [0.2, 0.25) is 0 Å². The fourth-order valence-electron chi connectivity index (χ4n) is 13.1. The minimum atomic E-state index is 0.0406. The Morgan fingerprint density at radius 1 is 0.522 bits per heavy atom. The summed E-state index contributed by atoms with van der Waals surface area (Å²) in [6.07, 6.45) is 7.48. The van der Waals surface area contributed by atoms with Crippen LogP contribution in [-0.4, -0.2) is 10.1 Å². The second-order valence-corrected chi connectivity index (χ2v) is 20.5. The van der Waals surface area contributed by atoms with Gasteiger partial charge in [0, 0.05) is 49.2 Å². The Morgan fingerprint density at radius 2 is 1.21 bits per heavy atom. The predicted molar refractivity (Wildman–Crippen MR) is 285 cm³/mol. The van der Waals surface area contributed by atoms with Crippen LogP contribution in [0.25, 0.3) is 92.0 Å². The topological polar surface area (TPSA) is 16.8 Å². The molecule has 2 aliphatic carbocycles. The number of hydrogen-bond acceptors (Lipinski definition) is 2. The quantitative estimate of drug-likeness (QED) is 0.165. The maximum Gasteiger partial charge on any atom is 0.0657 e. The Balaban J connectivity index is 1.05. The second kappa shape index (κ2) is 14.3. The molecule has 0 N–H and O–H groups in total. The number of aromatic nitrogens is 1. The lowest BCUT2D eigenvalue weighted by molar-refractivity contribution is 0.686. The van der Waals surface area contributed by atoms with E-state index < -0.39 is 0 Å². The molecule has 9 aromatic carbocycles. The van der Waals surface area contributed by atoms with Crippen LogP contribution in [0.1, 0.15) is 76.6 Å². The zero-order valence-corrected chi connectivity index (χ0v) is 38.2. The van der Waals surface area contributed by atoms with E-state index in [2.05, 4.69) is 193 Å². The summed E-state index contributed by atoms with van der Waals surface area (Å²) in [5.74, 6) is 0.515. The molecule has 0 saturated heterocycles. The lowest BCUT2D eigenvalue weighted by atomic mass is 9.80. The third kappa shape index (κ3) is 5.35. The molecule has 12 aromatic rings. The average molecular weight is 875 g/mol. The van der Waals surface area contributed by atoms with Crippen molar-refractivity contribution in [2.24, 2.45) is 4.99 Å². The van der Waals surface area contributed by atoms with Crippen molar-refractivity contribution in [1.29, 1.82) is 0 Å². The average Bonchev–Trinajstić information content (AvgIpc) is 3.96. The molecule has 3 atom stereocenters. The number of nitrogens with zero attached hydrogens (tertiary/aromatic N) is 2. The first-order chi connectivity index (χ1) is 33.2. The Labute approximate surface area is 393 Å². The first-order valence-electron chi connectivity index (χ1n) is 24.3. The van der Waals surface area contributed by atoms with E-state index in [-0.39, 0.29) is 11.8 Å². The minimum absolute atomic E-state index is 0.0406. The maximum atomic E-state index is 6.32. The van der Waals surface area contributed by atoms with Gasteiger partial charge in [0.05, 0.1) is 27.1 Å². The van der Waals surface area contributed by atoms with Crippen LogP contribution >= 0.6 is 11.3 Å². The van der Waals surface area contributed by atoms with Gasteiger partial charge in [-0.3, -0.25) is 4.99 Å². The SMILES string of the molecule is CC1C/C=C(\C2CCc3ccc4ccccc4c3-c3ccccc32)N=C(C2CCc3ccccc3-c3cc4c5ccc6ccccc6c5n5c6ccccc6c(c32)c45)c2sc3ccccc3c21. The predicted octanol–water partition coefficient (Wildman–Crippen LogP) is 17.3. The largest absolute Gasteiger partial charge is 0.307 e. The van der Waals surface area contributed by atoms with Crippen LogP contribution in [0.5, 0.6) is 0 Å². The molecule has 4 heterocycles. The van der Waals surface area contributed by atoms with E-state index in [0.29, 0.717) is 5.92 Å². The van der Waals surface area contributed by atoms with Crippen molar-refractivity contribution in [2.45, 2.75) is 56.8 Å². The van der Waals surface area contributed by atoms with Gasteiger partial charge in [0.1, 0.15) is 0 Å². The number of thiophene rings is 1. The Hall–Kier alpha value is -7.33. The summed E-state index contributed by atoms with van der Waals surface area (Å²) in [6.45, 7) is 2.47. The van der Waals surface area contributed by atoms with Crippen molar-refractivity contribution in [3.05, 3.63) is 220 Å². The second-order valence-electron chi connectivity index (χ2n) is 19.5. The van der Waals surface area contributed by atoms with Crippen LogP contribution in [0.3, 0.4) is 0 Å². The zero-order valence-electron chi connectivity index (χ0n) is 37.4. The standard InChI is InChI=1S/C64H46N2S/c1-37-26-35-54(46-32-31-41-28-27-39-15-3-6-18-43(39)58(41)47-21-9-8-20-45(46)47)65-61(64-57(37)50-23-11-13-25-56(50)67-64)51-34-30-38-14-2-5-17-42(38)52-36-53-48-33-29-40-16-4-7-19-44(40)62(48)66-55-24-12-10-22-49(55)60(59(51)52)63(53)66/h2-25,27-29,33,35-37,46,51H,26,30-32,34H2,1H3/b54-35+,65-61?. The summed E-state index contributed by atoms with van der Waals surface area (Å²) in [6, 6.07) is 66.9. The molecule has 1 aliphatic heterocycles. The lowest BCUT2D eigenvalue weighted by Gasteiger charge is -2.28. The fraction of sp³-hybridized carbons (Fsp3) is 0.141. The molecule has 3 aliphatic rings. The van der Waals surface area contributed by atoms with Gasteiger partial charge in [0.25, 0.3) is 0 Å². The van der Waals surface area contributed by atoms with Gasteiger partial charge in [-0.05, 0) is 128 Å². The van der Waals surface area contributed by atoms with Gasteiger partial charge >= 0.3 is 0 Å². The number of para-hydroxylation sites is 1. The molecular formula is C64H46N2S. The van der Waals surface area contributed by atoms with E-state index in [4.69, 9.17) is 4.99 Å².